The molecular weight excluding hydrogens is 401 g/mol. The van der Waals surface area contributed by atoms with Gasteiger partial charge in [-0.3, -0.25) is 4.79 Å². The zero-order valence-corrected chi connectivity index (χ0v) is 16.2. The molecule has 1 aliphatic rings. The number of esters is 1. The number of rotatable bonds is 5. The molecule has 0 bridgehead atoms. The molecule has 1 heterocycles. The third-order valence-corrected chi connectivity index (χ3v) is 4.94. The maximum atomic E-state index is 12.6. The molecule has 1 fully saturated rings. The van der Waals surface area contributed by atoms with Crippen LogP contribution >= 0.6 is 0 Å². The normalized spacial score (nSPS) is 19.1. The molecule has 30 heavy (non-hydrogen) atoms. The predicted molar refractivity (Wildman–Crippen MR) is 101 cm³/mol. The van der Waals surface area contributed by atoms with Crippen molar-refractivity contribution in [1.82, 2.24) is 10.3 Å². The van der Waals surface area contributed by atoms with Crippen LogP contribution in [0.5, 0.6) is 5.88 Å². The summed E-state index contributed by atoms with van der Waals surface area (Å²) in [5.74, 6) is -0.797. The Kier molecular flexibility index (Phi) is 6.59. The number of alkyl halides is 3. The Labute approximate surface area is 171 Å². The van der Waals surface area contributed by atoms with Crippen molar-refractivity contribution in [1.29, 1.82) is 0 Å². The summed E-state index contributed by atoms with van der Waals surface area (Å²) in [6.45, 7) is 0. The highest BCUT2D eigenvalue weighted by Crippen LogP contribution is 2.30. The van der Waals surface area contributed by atoms with Crippen molar-refractivity contribution < 1.29 is 32.2 Å². The number of nitrogens with one attached hydrogen (secondary N) is 1. The number of methoxy groups -OCH3 is 1. The fraction of sp³-hybridized carbons (Fsp3) is 0.381. The van der Waals surface area contributed by atoms with Gasteiger partial charge in [0.25, 0.3) is 5.91 Å². The van der Waals surface area contributed by atoms with Crippen molar-refractivity contribution >= 4 is 11.9 Å². The quantitative estimate of drug-likeness (QED) is 0.737. The van der Waals surface area contributed by atoms with Crippen molar-refractivity contribution in [2.45, 2.75) is 44.0 Å². The van der Waals surface area contributed by atoms with E-state index in [1.807, 2.05) is 0 Å². The number of benzene rings is 1. The summed E-state index contributed by atoms with van der Waals surface area (Å²) in [5.41, 5.74) is -0.381. The van der Waals surface area contributed by atoms with Gasteiger partial charge in [-0.1, -0.05) is 12.1 Å². The molecule has 0 radical (unpaired) electrons. The predicted octanol–water partition coefficient (Wildman–Crippen LogP) is 4.01. The lowest BCUT2D eigenvalue weighted by molar-refractivity contribution is -0.137. The van der Waals surface area contributed by atoms with E-state index in [-0.39, 0.29) is 35.1 Å². The van der Waals surface area contributed by atoms with E-state index in [0.29, 0.717) is 25.7 Å². The van der Waals surface area contributed by atoms with Gasteiger partial charge in [0.2, 0.25) is 5.88 Å². The maximum absolute atomic E-state index is 12.6. The molecule has 1 N–H and O–H groups in total. The van der Waals surface area contributed by atoms with E-state index < -0.39 is 17.7 Å². The van der Waals surface area contributed by atoms with Crippen molar-refractivity contribution in [3.05, 3.63) is 59.3 Å². The Morgan fingerprint density at radius 1 is 1.03 bits per heavy atom. The highest BCUT2D eigenvalue weighted by molar-refractivity contribution is 6.05. The summed E-state index contributed by atoms with van der Waals surface area (Å²) in [5, 5.41) is 2.92. The Balaban J connectivity index is 1.53. The van der Waals surface area contributed by atoms with Gasteiger partial charge in [0.1, 0.15) is 6.10 Å². The van der Waals surface area contributed by atoms with E-state index >= 15 is 0 Å². The number of carbonyl (C=O) groups is 2. The number of halogens is 3. The van der Waals surface area contributed by atoms with Crippen LogP contribution in [0.25, 0.3) is 0 Å². The molecule has 9 heteroatoms. The minimum absolute atomic E-state index is 0.0939. The van der Waals surface area contributed by atoms with Crippen LogP contribution < -0.4 is 10.1 Å². The first-order valence-corrected chi connectivity index (χ1v) is 9.46. The van der Waals surface area contributed by atoms with Crippen molar-refractivity contribution in [2.75, 3.05) is 7.11 Å². The monoisotopic (exact) mass is 422 g/mol. The average Bonchev–Trinajstić information content (AvgIpc) is 2.74. The van der Waals surface area contributed by atoms with Gasteiger partial charge in [0.15, 0.2) is 0 Å². The lowest BCUT2D eigenvalue weighted by atomic mass is 9.92. The Morgan fingerprint density at radius 2 is 1.70 bits per heavy atom. The van der Waals surface area contributed by atoms with Gasteiger partial charge in [-0.05, 0) is 43.9 Å². The van der Waals surface area contributed by atoms with Crippen molar-refractivity contribution in [2.24, 2.45) is 0 Å². The second kappa shape index (κ2) is 9.15. The van der Waals surface area contributed by atoms with Crippen LogP contribution in [0.1, 0.15) is 52.0 Å². The number of amides is 1. The minimum Gasteiger partial charge on any atom is -0.474 e. The van der Waals surface area contributed by atoms with E-state index in [4.69, 9.17) is 9.47 Å². The molecule has 0 unspecified atom stereocenters. The van der Waals surface area contributed by atoms with E-state index in [1.54, 1.807) is 18.2 Å². The van der Waals surface area contributed by atoms with Crippen LogP contribution in [-0.4, -0.2) is 36.1 Å². The molecule has 0 atom stereocenters. The van der Waals surface area contributed by atoms with Gasteiger partial charge in [-0.15, -0.1) is 0 Å². The Morgan fingerprint density at radius 3 is 2.27 bits per heavy atom. The number of ether oxygens (including phenoxy) is 2. The summed E-state index contributed by atoms with van der Waals surface area (Å²) in [6, 6.07) is 8.47. The SMILES string of the molecule is COC(=O)c1ccccc1C(=O)NC1CCC(Oc2ccc(C(F)(F)F)cn2)CC1. The number of hydrogen-bond donors (Lipinski definition) is 1. The van der Waals surface area contributed by atoms with Crippen LogP contribution in [-0.2, 0) is 10.9 Å². The molecule has 1 amide bonds. The third kappa shape index (κ3) is 5.28. The lowest BCUT2D eigenvalue weighted by Crippen LogP contribution is -2.40. The maximum Gasteiger partial charge on any atom is 0.417 e. The van der Waals surface area contributed by atoms with Gasteiger partial charge in [-0.2, -0.15) is 13.2 Å². The topological polar surface area (TPSA) is 77.5 Å². The zero-order chi connectivity index (χ0) is 21.7. The molecule has 1 saturated carbocycles. The van der Waals surface area contributed by atoms with Crippen LogP contribution in [0.4, 0.5) is 13.2 Å². The molecule has 1 aromatic carbocycles. The average molecular weight is 422 g/mol. The Hall–Kier alpha value is -3.10. The molecule has 0 aliphatic heterocycles. The molecule has 2 aromatic rings. The molecule has 3 rings (SSSR count). The molecular formula is C21H21F3N2O4. The molecule has 0 saturated heterocycles. The van der Waals surface area contributed by atoms with E-state index in [9.17, 15) is 22.8 Å². The third-order valence-electron chi connectivity index (χ3n) is 4.94. The van der Waals surface area contributed by atoms with E-state index in [1.165, 1.54) is 19.2 Å². The number of carbonyl (C=O) groups excluding carboxylic acids is 2. The molecule has 6 nitrogen and oxygen atoms in total. The standard InChI is InChI=1S/C21H21F3N2O4/c1-29-20(28)17-5-3-2-4-16(17)19(27)26-14-7-9-15(10-8-14)30-18-11-6-13(12-25-18)21(22,23)24/h2-6,11-12,14-15H,7-10H2,1H3,(H,26,27). The van der Waals surface area contributed by atoms with Gasteiger partial charge in [0.05, 0.1) is 23.8 Å². The van der Waals surface area contributed by atoms with Gasteiger partial charge < -0.3 is 14.8 Å². The number of pyridine rings is 1. The van der Waals surface area contributed by atoms with E-state index in [2.05, 4.69) is 10.3 Å². The van der Waals surface area contributed by atoms with Crippen LogP contribution in [0, 0.1) is 0 Å². The second-order valence-electron chi connectivity index (χ2n) is 6.98. The van der Waals surface area contributed by atoms with Crippen LogP contribution in [0.15, 0.2) is 42.6 Å². The lowest BCUT2D eigenvalue weighted by Gasteiger charge is -2.29. The van der Waals surface area contributed by atoms with Crippen molar-refractivity contribution in [3.8, 4) is 5.88 Å². The fourth-order valence-electron chi connectivity index (χ4n) is 3.35. The first-order valence-electron chi connectivity index (χ1n) is 9.46. The van der Waals surface area contributed by atoms with Gasteiger partial charge in [-0.25, -0.2) is 9.78 Å². The number of hydrogen-bond acceptors (Lipinski definition) is 5. The highest BCUT2D eigenvalue weighted by Gasteiger charge is 2.31. The Bertz CT molecular complexity index is 892. The summed E-state index contributed by atoms with van der Waals surface area (Å²) < 4.78 is 48.2. The summed E-state index contributed by atoms with van der Waals surface area (Å²) >= 11 is 0. The summed E-state index contributed by atoms with van der Waals surface area (Å²) in [4.78, 5) is 28.1. The molecule has 0 spiro atoms. The highest BCUT2D eigenvalue weighted by atomic mass is 19.4. The second-order valence-corrected chi connectivity index (χ2v) is 6.98. The number of aromatic nitrogens is 1. The summed E-state index contributed by atoms with van der Waals surface area (Å²) in [7, 11) is 1.25. The zero-order valence-electron chi connectivity index (χ0n) is 16.2. The first kappa shape index (κ1) is 21.6. The molecule has 1 aromatic heterocycles. The smallest absolute Gasteiger partial charge is 0.417 e. The minimum atomic E-state index is -4.44. The van der Waals surface area contributed by atoms with Crippen LogP contribution in [0.2, 0.25) is 0 Å². The summed E-state index contributed by atoms with van der Waals surface area (Å²) in [6.07, 6.45) is -1.37. The first-order chi connectivity index (χ1) is 14.3. The van der Waals surface area contributed by atoms with E-state index in [0.717, 1.165) is 12.3 Å². The number of nitrogens with zero attached hydrogens (tertiary/aromatic N) is 1. The largest absolute Gasteiger partial charge is 0.474 e. The van der Waals surface area contributed by atoms with Crippen LogP contribution in [0.3, 0.4) is 0 Å². The molecule has 1 aliphatic carbocycles. The van der Waals surface area contributed by atoms with Crippen molar-refractivity contribution in [3.63, 3.8) is 0 Å². The van der Waals surface area contributed by atoms with Gasteiger partial charge >= 0.3 is 12.1 Å². The van der Waals surface area contributed by atoms with Gasteiger partial charge in [0, 0.05) is 18.3 Å². The molecule has 160 valence electrons. The fourth-order valence-corrected chi connectivity index (χ4v) is 3.35.